The summed E-state index contributed by atoms with van der Waals surface area (Å²) < 4.78 is 12.0. The maximum Gasteiger partial charge on any atom is 0.419 e. The highest BCUT2D eigenvalue weighted by Gasteiger charge is 2.23. The van der Waals surface area contributed by atoms with Gasteiger partial charge in [0.1, 0.15) is 16.9 Å². The molecule has 0 radical (unpaired) electrons. The first-order valence-corrected chi connectivity index (χ1v) is 6.39. The molecule has 1 aromatic carbocycles. The Morgan fingerprint density at radius 3 is 2.60 bits per heavy atom. The van der Waals surface area contributed by atoms with E-state index in [0.717, 1.165) is 5.39 Å². The van der Waals surface area contributed by atoms with Gasteiger partial charge in [-0.25, -0.2) is 9.36 Å². The van der Waals surface area contributed by atoms with Gasteiger partial charge in [-0.05, 0) is 32.9 Å². The molecule has 0 unspecified atom stereocenters. The molecule has 1 aromatic heterocycles. The van der Waals surface area contributed by atoms with Crippen molar-refractivity contribution in [2.24, 2.45) is 0 Å². The Hall–Kier alpha value is -2.01. The number of benzene rings is 1. The molecule has 0 spiro atoms. The van der Waals surface area contributed by atoms with Crippen molar-refractivity contribution in [3.8, 4) is 5.75 Å². The Labute approximate surface area is 117 Å². The third kappa shape index (κ3) is 2.63. The summed E-state index contributed by atoms with van der Waals surface area (Å²) in [5.74, 6) is 0.563. The van der Waals surface area contributed by atoms with Crippen LogP contribution in [0.3, 0.4) is 0 Å². The molecule has 0 saturated carbocycles. The maximum atomic E-state index is 12.4. The number of para-hydroxylation sites is 1. The Balaban J connectivity index is 2.63. The highest BCUT2D eigenvalue weighted by Crippen LogP contribution is 2.29. The number of hydrogen-bond acceptors (Lipinski definition) is 4. The lowest BCUT2D eigenvalue weighted by Gasteiger charge is -2.21. The van der Waals surface area contributed by atoms with Crippen molar-refractivity contribution in [1.82, 2.24) is 4.57 Å². The van der Waals surface area contributed by atoms with Crippen molar-refractivity contribution in [3.05, 3.63) is 30.0 Å². The third-order valence-corrected chi connectivity index (χ3v) is 2.82. The Morgan fingerprint density at radius 2 is 2.05 bits per heavy atom. The van der Waals surface area contributed by atoms with Crippen LogP contribution in [0.2, 0.25) is 0 Å². The fourth-order valence-electron chi connectivity index (χ4n) is 2.08. The van der Waals surface area contributed by atoms with E-state index < -0.39 is 11.7 Å². The summed E-state index contributed by atoms with van der Waals surface area (Å²) in [6.45, 7) is 5.14. The Morgan fingerprint density at radius 1 is 1.35 bits per heavy atom. The van der Waals surface area contributed by atoms with Gasteiger partial charge in [0.25, 0.3) is 0 Å². The third-order valence-electron chi connectivity index (χ3n) is 2.82. The number of nitrogens with zero attached hydrogens (tertiary/aromatic N) is 1. The van der Waals surface area contributed by atoms with E-state index in [0.29, 0.717) is 17.0 Å². The van der Waals surface area contributed by atoms with E-state index in [9.17, 15) is 9.90 Å². The molecule has 108 valence electrons. The molecule has 0 bridgehead atoms. The van der Waals surface area contributed by atoms with Crippen molar-refractivity contribution in [2.45, 2.75) is 33.0 Å². The molecule has 0 amide bonds. The highest BCUT2D eigenvalue weighted by molar-refractivity contribution is 5.94. The van der Waals surface area contributed by atoms with Gasteiger partial charge in [-0.3, -0.25) is 0 Å². The number of aromatic nitrogens is 1. The molecule has 20 heavy (non-hydrogen) atoms. The van der Waals surface area contributed by atoms with E-state index in [4.69, 9.17) is 9.47 Å². The fraction of sp³-hybridized carbons (Fsp3) is 0.400. The monoisotopic (exact) mass is 277 g/mol. The van der Waals surface area contributed by atoms with Crippen molar-refractivity contribution in [2.75, 3.05) is 7.11 Å². The van der Waals surface area contributed by atoms with Crippen LogP contribution in [0.5, 0.6) is 5.75 Å². The number of fused-ring (bicyclic) bond motifs is 1. The van der Waals surface area contributed by atoms with Gasteiger partial charge in [-0.2, -0.15) is 0 Å². The first-order valence-electron chi connectivity index (χ1n) is 6.39. The van der Waals surface area contributed by atoms with Crippen LogP contribution in [0.4, 0.5) is 4.79 Å². The summed E-state index contributed by atoms with van der Waals surface area (Å²) in [5.41, 5.74) is 0.467. The standard InChI is InChI=1S/C15H19NO4/c1-15(2,3)20-14(18)16-11(9-17)8-10-6-5-7-12(19-4)13(10)16/h5-8,17H,9H2,1-4H3. The topological polar surface area (TPSA) is 60.7 Å². The summed E-state index contributed by atoms with van der Waals surface area (Å²) in [6.07, 6.45) is -0.527. The number of methoxy groups -OCH3 is 1. The first kappa shape index (κ1) is 14.4. The zero-order chi connectivity index (χ0) is 14.9. The number of ether oxygens (including phenoxy) is 2. The summed E-state index contributed by atoms with van der Waals surface area (Å²) in [6, 6.07) is 7.21. The first-order chi connectivity index (χ1) is 9.37. The maximum absolute atomic E-state index is 12.4. The second-order valence-electron chi connectivity index (χ2n) is 5.51. The number of aliphatic hydroxyl groups is 1. The van der Waals surface area contributed by atoms with Gasteiger partial charge in [-0.15, -0.1) is 0 Å². The van der Waals surface area contributed by atoms with Gasteiger partial charge in [-0.1, -0.05) is 12.1 Å². The minimum atomic E-state index is -0.609. The SMILES string of the molecule is COc1cccc2cc(CO)n(C(=O)OC(C)(C)C)c12. The zero-order valence-electron chi connectivity index (χ0n) is 12.1. The predicted octanol–water partition coefficient (Wildman–Crippen LogP) is 2.93. The van der Waals surface area contributed by atoms with Gasteiger partial charge in [0.2, 0.25) is 0 Å². The molecule has 5 nitrogen and oxygen atoms in total. The van der Waals surface area contributed by atoms with Crippen LogP contribution in [0.15, 0.2) is 24.3 Å². The molecule has 0 fully saturated rings. The molecule has 0 atom stereocenters. The molecular formula is C15H19NO4. The average Bonchev–Trinajstić information content (AvgIpc) is 2.74. The van der Waals surface area contributed by atoms with Crippen molar-refractivity contribution in [1.29, 1.82) is 0 Å². The lowest BCUT2D eigenvalue weighted by Crippen LogP contribution is -2.28. The number of carbonyl (C=O) groups is 1. The quantitative estimate of drug-likeness (QED) is 0.916. The number of aliphatic hydroxyl groups excluding tert-OH is 1. The molecule has 0 aliphatic rings. The van der Waals surface area contributed by atoms with Crippen molar-refractivity contribution < 1.29 is 19.4 Å². The van der Waals surface area contributed by atoms with E-state index in [-0.39, 0.29) is 6.61 Å². The predicted molar refractivity (Wildman–Crippen MR) is 76.0 cm³/mol. The van der Waals surface area contributed by atoms with E-state index in [2.05, 4.69) is 0 Å². The Bertz CT molecular complexity index is 637. The molecule has 0 aliphatic carbocycles. The van der Waals surface area contributed by atoms with Gasteiger partial charge in [0.05, 0.1) is 19.4 Å². The van der Waals surface area contributed by atoms with Crippen LogP contribution >= 0.6 is 0 Å². The van der Waals surface area contributed by atoms with Gasteiger partial charge >= 0.3 is 6.09 Å². The van der Waals surface area contributed by atoms with E-state index in [1.165, 1.54) is 4.57 Å². The molecule has 1 N–H and O–H groups in total. The second kappa shape index (κ2) is 5.17. The normalized spacial score (nSPS) is 11.7. The molecule has 5 heteroatoms. The molecule has 2 aromatic rings. The second-order valence-corrected chi connectivity index (χ2v) is 5.51. The van der Waals surface area contributed by atoms with E-state index in [1.54, 1.807) is 40.0 Å². The lowest BCUT2D eigenvalue weighted by atomic mass is 10.2. The van der Waals surface area contributed by atoms with Crippen LogP contribution in [0.1, 0.15) is 26.5 Å². The smallest absolute Gasteiger partial charge is 0.419 e. The summed E-state index contributed by atoms with van der Waals surface area (Å²) >= 11 is 0. The highest BCUT2D eigenvalue weighted by atomic mass is 16.6. The lowest BCUT2D eigenvalue weighted by molar-refractivity contribution is 0.0533. The molecule has 0 aliphatic heterocycles. The number of rotatable bonds is 2. The molecule has 1 heterocycles. The molecule has 0 saturated heterocycles. The molecular weight excluding hydrogens is 258 g/mol. The summed E-state index contributed by atoms with van der Waals surface area (Å²) in [7, 11) is 1.54. The van der Waals surface area contributed by atoms with Crippen LogP contribution in [-0.2, 0) is 11.3 Å². The van der Waals surface area contributed by atoms with Crippen LogP contribution in [0, 0.1) is 0 Å². The number of carbonyl (C=O) groups excluding carboxylic acids is 1. The number of hydrogen-bond donors (Lipinski definition) is 1. The summed E-state index contributed by atoms with van der Waals surface area (Å²) in [4.78, 5) is 12.4. The van der Waals surface area contributed by atoms with Crippen LogP contribution in [-0.4, -0.2) is 28.5 Å². The minimum Gasteiger partial charge on any atom is -0.495 e. The molecule has 2 rings (SSSR count). The van der Waals surface area contributed by atoms with Crippen molar-refractivity contribution >= 4 is 17.0 Å². The zero-order valence-corrected chi connectivity index (χ0v) is 12.1. The Kier molecular flexibility index (Phi) is 3.72. The average molecular weight is 277 g/mol. The minimum absolute atomic E-state index is 0.253. The van der Waals surface area contributed by atoms with E-state index >= 15 is 0 Å². The van der Waals surface area contributed by atoms with E-state index in [1.807, 2.05) is 12.1 Å². The van der Waals surface area contributed by atoms with Gasteiger partial charge < -0.3 is 14.6 Å². The summed E-state index contributed by atoms with van der Waals surface area (Å²) in [5, 5.41) is 10.3. The van der Waals surface area contributed by atoms with Crippen molar-refractivity contribution in [3.63, 3.8) is 0 Å². The fourth-order valence-corrected chi connectivity index (χ4v) is 2.08. The largest absolute Gasteiger partial charge is 0.495 e. The van der Waals surface area contributed by atoms with Gasteiger partial charge in [0, 0.05) is 5.39 Å². The van der Waals surface area contributed by atoms with Crippen LogP contribution < -0.4 is 4.74 Å². The van der Waals surface area contributed by atoms with Crippen LogP contribution in [0.25, 0.3) is 10.9 Å². The van der Waals surface area contributed by atoms with Gasteiger partial charge in [0.15, 0.2) is 0 Å².